The van der Waals surface area contributed by atoms with E-state index in [4.69, 9.17) is 0 Å². The van der Waals surface area contributed by atoms with Crippen LogP contribution in [0.5, 0.6) is 0 Å². The summed E-state index contributed by atoms with van der Waals surface area (Å²) in [5.41, 5.74) is 1.38. The van der Waals surface area contributed by atoms with Gasteiger partial charge in [-0.2, -0.15) is 0 Å². The summed E-state index contributed by atoms with van der Waals surface area (Å²) in [5.74, 6) is 0.661. The molecule has 1 atom stereocenters. The second-order valence-corrected chi connectivity index (χ2v) is 9.77. The van der Waals surface area contributed by atoms with Gasteiger partial charge >= 0.3 is 0 Å². The highest BCUT2D eigenvalue weighted by Gasteiger charge is 2.17. The molecule has 0 fully saturated rings. The fraction of sp³-hybridized carbons (Fsp3) is 0.500. The third kappa shape index (κ3) is 11.5. The van der Waals surface area contributed by atoms with Crippen molar-refractivity contribution in [2.24, 2.45) is 5.92 Å². The molecule has 0 amide bonds. The van der Waals surface area contributed by atoms with Gasteiger partial charge in [0.1, 0.15) is 0 Å². The van der Waals surface area contributed by atoms with Crippen molar-refractivity contribution >= 4 is 11.6 Å². The lowest BCUT2D eigenvalue weighted by atomic mass is 9.95. The number of H-pyrrole nitrogens is 1. The monoisotopic (exact) mass is 475 g/mol. The van der Waals surface area contributed by atoms with Gasteiger partial charge in [0, 0.05) is 23.7 Å². The van der Waals surface area contributed by atoms with Crippen LogP contribution in [-0.2, 0) is 0 Å². The summed E-state index contributed by atoms with van der Waals surface area (Å²) >= 11 is 0. The van der Waals surface area contributed by atoms with E-state index in [2.05, 4.69) is 18.8 Å². The average molecular weight is 476 g/mol. The lowest BCUT2D eigenvalue weighted by molar-refractivity contribution is 0.0962. The van der Waals surface area contributed by atoms with Crippen LogP contribution >= 0.6 is 0 Å². The van der Waals surface area contributed by atoms with Crippen molar-refractivity contribution in [1.29, 1.82) is 0 Å². The fourth-order valence-corrected chi connectivity index (χ4v) is 4.47. The van der Waals surface area contributed by atoms with Gasteiger partial charge in [-0.15, -0.1) is 0 Å². The normalized spacial score (nSPS) is 11.6. The van der Waals surface area contributed by atoms with Crippen molar-refractivity contribution in [2.45, 2.75) is 97.3 Å². The van der Waals surface area contributed by atoms with Gasteiger partial charge in [-0.05, 0) is 24.5 Å². The van der Waals surface area contributed by atoms with E-state index in [0.717, 1.165) is 18.8 Å². The highest BCUT2D eigenvalue weighted by atomic mass is 16.1. The van der Waals surface area contributed by atoms with Crippen LogP contribution in [0.1, 0.15) is 124 Å². The van der Waals surface area contributed by atoms with Crippen LogP contribution in [0.4, 0.5) is 0 Å². The zero-order valence-electron chi connectivity index (χ0n) is 21.9. The smallest absolute Gasteiger partial charge is 0.209 e. The summed E-state index contributed by atoms with van der Waals surface area (Å²) in [5, 5.41) is 0. The van der Waals surface area contributed by atoms with Crippen molar-refractivity contribution in [2.75, 3.05) is 0 Å². The number of carbonyl (C=O) groups is 2. The highest BCUT2D eigenvalue weighted by Crippen LogP contribution is 2.19. The van der Waals surface area contributed by atoms with Crippen LogP contribution in [0.25, 0.3) is 0 Å². The molecule has 0 aliphatic rings. The Bertz CT molecular complexity index is 914. The Morgan fingerprint density at radius 3 is 2.00 bits per heavy atom. The van der Waals surface area contributed by atoms with E-state index in [9.17, 15) is 9.59 Å². The number of hydrogen-bond acceptors (Lipinski definition) is 2. The maximum Gasteiger partial charge on any atom is 0.209 e. The van der Waals surface area contributed by atoms with Crippen molar-refractivity contribution in [3.63, 3.8) is 0 Å². The summed E-state index contributed by atoms with van der Waals surface area (Å²) in [6.45, 7) is 4.65. The molecular formula is C32H45NO2. The van der Waals surface area contributed by atoms with Crippen molar-refractivity contribution in [3.8, 4) is 0 Å². The maximum absolute atomic E-state index is 13.2. The second-order valence-electron chi connectivity index (χ2n) is 9.77. The molecule has 0 aliphatic heterocycles. The minimum atomic E-state index is -0.162. The number of benzene rings is 1. The quantitative estimate of drug-likeness (QED) is 0.183. The molecule has 2 aromatic rings. The Balaban J connectivity index is 1.81. The number of ketones is 2. The van der Waals surface area contributed by atoms with Crippen LogP contribution in [0.15, 0.2) is 66.9 Å². The first kappa shape index (κ1) is 28.6. The zero-order valence-corrected chi connectivity index (χ0v) is 21.9. The summed E-state index contributed by atoms with van der Waals surface area (Å²) < 4.78 is 0. The minimum absolute atomic E-state index is 0.0215. The van der Waals surface area contributed by atoms with E-state index >= 15 is 0 Å². The summed E-state index contributed by atoms with van der Waals surface area (Å²) in [4.78, 5) is 29.3. The minimum Gasteiger partial charge on any atom is -0.358 e. The molecule has 0 bridgehead atoms. The molecule has 0 saturated carbocycles. The molecule has 3 nitrogen and oxygen atoms in total. The van der Waals surface area contributed by atoms with E-state index in [1.165, 1.54) is 64.2 Å². The molecule has 0 saturated heterocycles. The van der Waals surface area contributed by atoms with Gasteiger partial charge in [-0.25, -0.2) is 0 Å². The molecule has 1 heterocycles. The molecule has 1 aromatic carbocycles. The Kier molecular flexibility index (Phi) is 14.5. The first-order valence-corrected chi connectivity index (χ1v) is 13.8. The first-order valence-electron chi connectivity index (χ1n) is 13.8. The molecule has 0 spiro atoms. The summed E-state index contributed by atoms with van der Waals surface area (Å²) in [6.07, 6.45) is 17.4. The van der Waals surface area contributed by atoms with E-state index in [1.807, 2.05) is 42.5 Å². The number of hydrogen-bond donors (Lipinski definition) is 1. The predicted molar refractivity (Wildman–Crippen MR) is 147 cm³/mol. The SMILES string of the molecule is CCCCCCCCC(C)CCCCCCC(=O)c1cccccc[nH]c1C(=O)c1ccccc1. The molecule has 1 aromatic heterocycles. The molecule has 1 N–H and O–H groups in total. The lowest BCUT2D eigenvalue weighted by Crippen LogP contribution is -2.11. The Morgan fingerprint density at radius 2 is 1.29 bits per heavy atom. The number of Topliss-reactive ketones (excluding diaryl/α,β-unsaturated/α-hetero) is 1. The summed E-state index contributed by atoms with van der Waals surface area (Å²) in [6, 6.07) is 18.3. The Hall–Kier alpha value is -2.68. The molecule has 3 heteroatoms. The van der Waals surface area contributed by atoms with Crippen LogP contribution in [0, 0.1) is 5.92 Å². The van der Waals surface area contributed by atoms with E-state index < -0.39 is 0 Å². The topological polar surface area (TPSA) is 49.9 Å². The average Bonchev–Trinajstić information content (AvgIpc) is 3.00. The van der Waals surface area contributed by atoms with Gasteiger partial charge in [0.15, 0.2) is 5.78 Å². The highest BCUT2D eigenvalue weighted by molar-refractivity contribution is 6.14. The number of unbranched alkanes of at least 4 members (excludes halogenated alkanes) is 8. The standard InChI is InChI=1S/C32H45NO2/c1-3-4-5-6-7-13-20-27(2)21-14-8-9-18-25-30(34)29-24-17-10-11-19-26-33-31(29)32(35)28-22-15-12-16-23-28/h10-12,15-17,19,22-24,26-27,33H,3-9,13-14,18,20-21,25H2,1-2H3. The van der Waals surface area contributed by atoms with Gasteiger partial charge < -0.3 is 4.98 Å². The van der Waals surface area contributed by atoms with E-state index in [1.54, 1.807) is 24.4 Å². The maximum atomic E-state index is 13.2. The van der Waals surface area contributed by atoms with Gasteiger partial charge in [0.2, 0.25) is 5.78 Å². The number of aromatic nitrogens is 1. The Morgan fingerprint density at radius 1 is 0.714 bits per heavy atom. The zero-order chi connectivity index (χ0) is 25.1. The molecular weight excluding hydrogens is 430 g/mol. The molecule has 0 radical (unpaired) electrons. The first-order chi connectivity index (χ1) is 17.1. The van der Waals surface area contributed by atoms with Crippen LogP contribution < -0.4 is 0 Å². The van der Waals surface area contributed by atoms with Crippen LogP contribution in [0.3, 0.4) is 0 Å². The second kappa shape index (κ2) is 17.7. The van der Waals surface area contributed by atoms with Gasteiger partial charge in [-0.1, -0.05) is 133 Å². The number of nitrogens with one attached hydrogen (secondary N) is 1. The number of aromatic amines is 1. The largest absolute Gasteiger partial charge is 0.358 e. The lowest BCUT2D eigenvalue weighted by Gasteiger charge is -2.11. The van der Waals surface area contributed by atoms with Gasteiger partial charge in [0.25, 0.3) is 0 Å². The third-order valence-electron chi connectivity index (χ3n) is 6.65. The summed E-state index contributed by atoms with van der Waals surface area (Å²) in [7, 11) is 0. The molecule has 0 aliphatic carbocycles. The van der Waals surface area contributed by atoms with Crippen molar-refractivity contribution < 1.29 is 9.59 Å². The van der Waals surface area contributed by atoms with Gasteiger partial charge in [-0.3, -0.25) is 9.59 Å². The number of carbonyl (C=O) groups excluding carboxylic acids is 2. The Labute approximate surface area is 213 Å². The van der Waals surface area contributed by atoms with E-state index in [-0.39, 0.29) is 11.6 Å². The van der Waals surface area contributed by atoms with Crippen LogP contribution in [-0.4, -0.2) is 16.6 Å². The fourth-order valence-electron chi connectivity index (χ4n) is 4.47. The molecule has 1 unspecified atom stereocenters. The predicted octanol–water partition coefficient (Wildman–Crippen LogP) is 9.28. The van der Waals surface area contributed by atoms with Crippen LogP contribution in [0.2, 0.25) is 0 Å². The van der Waals surface area contributed by atoms with Crippen molar-refractivity contribution in [1.82, 2.24) is 4.98 Å². The van der Waals surface area contributed by atoms with Crippen molar-refractivity contribution in [3.05, 3.63) is 83.7 Å². The van der Waals surface area contributed by atoms with E-state index in [0.29, 0.717) is 23.2 Å². The molecule has 35 heavy (non-hydrogen) atoms. The molecule has 190 valence electrons. The number of rotatable bonds is 17. The van der Waals surface area contributed by atoms with Gasteiger partial charge in [0.05, 0.1) is 5.69 Å². The molecule has 2 rings (SSSR count). The third-order valence-corrected chi connectivity index (χ3v) is 6.65.